The van der Waals surface area contributed by atoms with Gasteiger partial charge in [0, 0.05) is 0 Å². The molecule has 0 saturated carbocycles. The van der Waals surface area contributed by atoms with Crippen molar-refractivity contribution in [3.63, 3.8) is 0 Å². The van der Waals surface area contributed by atoms with Gasteiger partial charge in [-0.25, -0.2) is 0 Å². The maximum Gasteiger partial charge on any atom is 0.288 e. The van der Waals surface area contributed by atoms with Crippen LogP contribution in [0.2, 0.25) is 0 Å². The summed E-state index contributed by atoms with van der Waals surface area (Å²) in [5.41, 5.74) is 3.03. The number of nitrogens with one attached hydrogen (secondary N) is 1. The molecule has 4 rings (SSSR count). The van der Waals surface area contributed by atoms with Gasteiger partial charge in [0.15, 0.2) is 16.9 Å². The van der Waals surface area contributed by atoms with Crippen molar-refractivity contribution in [2.75, 3.05) is 21.3 Å². The van der Waals surface area contributed by atoms with Crippen LogP contribution in [0.15, 0.2) is 33.5 Å². The lowest BCUT2D eigenvalue weighted by Crippen LogP contribution is -2.22. The number of aryl methyl sites for hydroxylation is 2. The lowest BCUT2D eigenvalue weighted by Gasteiger charge is -2.17. The molecule has 0 unspecified atom stereocenters. The van der Waals surface area contributed by atoms with Crippen LogP contribution in [-0.2, 0) is 0 Å². The third kappa shape index (κ3) is 2.81. The van der Waals surface area contributed by atoms with Crippen molar-refractivity contribution in [2.24, 2.45) is 0 Å². The van der Waals surface area contributed by atoms with E-state index >= 15 is 0 Å². The number of fused-ring (bicyclic) bond motifs is 2. The summed E-state index contributed by atoms with van der Waals surface area (Å²) in [5, 5.41) is 3.28. The van der Waals surface area contributed by atoms with Crippen LogP contribution in [0.5, 0.6) is 17.2 Å². The third-order valence-electron chi connectivity index (χ3n) is 5.33. The lowest BCUT2D eigenvalue weighted by molar-refractivity contribution is 0.0937. The minimum atomic E-state index is -0.687. The molecule has 1 aromatic heterocycles. The van der Waals surface area contributed by atoms with Crippen molar-refractivity contribution in [3.8, 4) is 17.2 Å². The standard InChI is InChI=1S/C22H21NO6/c1-10-6-13-14(7-11(10)2)29-21-17(19(13)24)18(23-22(21)25)12-8-15(26-3)20(28-5)16(9-12)27-4/h6-9,18H,1-5H3,(H,23,25)/t18-/m1/s1. The van der Waals surface area contributed by atoms with Crippen LogP contribution >= 0.6 is 0 Å². The van der Waals surface area contributed by atoms with Gasteiger partial charge in [-0.05, 0) is 54.8 Å². The number of rotatable bonds is 4. The van der Waals surface area contributed by atoms with E-state index in [2.05, 4.69) is 5.32 Å². The summed E-state index contributed by atoms with van der Waals surface area (Å²) in [7, 11) is 4.53. The fourth-order valence-corrected chi connectivity index (χ4v) is 3.68. The number of carbonyl (C=O) groups is 1. The molecule has 2 aromatic carbocycles. The highest BCUT2D eigenvalue weighted by molar-refractivity contribution is 5.99. The molecule has 29 heavy (non-hydrogen) atoms. The molecule has 0 aliphatic carbocycles. The maximum absolute atomic E-state index is 13.3. The van der Waals surface area contributed by atoms with E-state index in [1.165, 1.54) is 21.3 Å². The average Bonchev–Trinajstić information content (AvgIpc) is 3.05. The Morgan fingerprint density at radius 2 is 1.52 bits per heavy atom. The second-order valence-corrected chi connectivity index (χ2v) is 6.97. The summed E-state index contributed by atoms with van der Waals surface area (Å²) < 4.78 is 22.0. The molecule has 1 aliphatic rings. The Balaban J connectivity index is 1.97. The van der Waals surface area contributed by atoms with E-state index in [9.17, 15) is 9.59 Å². The normalized spacial score (nSPS) is 15.2. The molecular formula is C22H21NO6. The Bertz CT molecular complexity index is 1190. The first-order valence-corrected chi connectivity index (χ1v) is 9.08. The van der Waals surface area contributed by atoms with E-state index in [4.69, 9.17) is 18.6 Å². The molecule has 3 aromatic rings. The van der Waals surface area contributed by atoms with Gasteiger partial charge in [-0.2, -0.15) is 0 Å². The molecule has 0 spiro atoms. The van der Waals surface area contributed by atoms with Crippen molar-refractivity contribution in [1.82, 2.24) is 5.32 Å². The van der Waals surface area contributed by atoms with Crippen molar-refractivity contribution < 1.29 is 23.4 Å². The first-order chi connectivity index (χ1) is 13.9. The third-order valence-corrected chi connectivity index (χ3v) is 5.33. The summed E-state index contributed by atoms with van der Waals surface area (Å²) in [4.78, 5) is 25.9. The first kappa shape index (κ1) is 18.9. The molecule has 0 saturated heterocycles. The highest BCUT2D eigenvalue weighted by atomic mass is 16.5. The van der Waals surface area contributed by atoms with E-state index in [0.717, 1.165) is 11.1 Å². The van der Waals surface area contributed by atoms with Crippen LogP contribution in [-0.4, -0.2) is 27.2 Å². The molecule has 0 fully saturated rings. The second kappa shape index (κ2) is 6.84. The van der Waals surface area contributed by atoms with E-state index in [0.29, 0.717) is 33.8 Å². The molecule has 150 valence electrons. The largest absolute Gasteiger partial charge is 0.493 e. The van der Waals surface area contributed by atoms with Crippen LogP contribution in [0.3, 0.4) is 0 Å². The SMILES string of the molecule is COc1cc([C@H]2NC(=O)c3oc4cc(C)c(C)cc4c(=O)c32)cc(OC)c1OC. The van der Waals surface area contributed by atoms with Crippen LogP contribution in [0.1, 0.15) is 38.9 Å². The first-order valence-electron chi connectivity index (χ1n) is 9.08. The molecule has 7 heteroatoms. The topological polar surface area (TPSA) is 87.0 Å². The van der Waals surface area contributed by atoms with Gasteiger partial charge < -0.3 is 23.9 Å². The van der Waals surface area contributed by atoms with Gasteiger partial charge >= 0.3 is 0 Å². The Hall–Kier alpha value is -3.48. The molecule has 2 heterocycles. The van der Waals surface area contributed by atoms with Gasteiger partial charge in [0.25, 0.3) is 5.91 Å². The van der Waals surface area contributed by atoms with Gasteiger partial charge in [-0.1, -0.05) is 0 Å². The summed E-state index contributed by atoms with van der Waals surface area (Å²) in [5.74, 6) is 0.891. The van der Waals surface area contributed by atoms with Gasteiger partial charge in [-0.15, -0.1) is 0 Å². The van der Waals surface area contributed by atoms with Gasteiger partial charge in [0.2, 0.25) is 11.5 Å². The zero-order valence-corrected chi connectivity index (χ0v) is 16.8. The predicted molar refractivity (Wildman–Crippen MR) is 107 cm³/mol. The van der Waals surface area contributed by atoms with Crippen molar-refractivity contribution in [3.05, 3.63) is 62.5 Å². The van der Waals surface area contributed by atoms with Gasteiger partial charge in [0.05, 0.1) is 38.3 Å². The minimum absolute atomic E-state index is 0.0319. The fraction of sp³-hybridized carbons (Fsp3) is 0.273. The number of benzene rings is 2. The molecule has 0 radical (unpaired) electrons. The number of hydrogen-bond acceptors (Lipinski definition) is 6. The Morgan fingerprint density at radius 1 is 0.897 bits per heavy atom. The van der Waals surface area contributed by atoms with Gasteiger partial charge in [-0.3, -0.25) is 9.59 Å². The zero-order valence-electron chi connectivity index (χ0n) is 16.8. The van der Waals surface area contributed by atoms with E-state index < -0.39 is 11.9 Å². The highest BCUT2D eigenvalue weighted by Crippen LogP contribution is 2.42. The summed E-state index contributed by atoms with van der Waals surface area (Å²) in [6.07, 6.45) is 0. The fourth-order valence-electron chi connectivity index (χ4n) is 3.68. The molecule has 1 aliphatic heterocycles. The zero-order chi connectivity index (χ0) is 20.9. The van der Waals surface area contributed by atoms with Crippen molar-refractivity contribution in [1.29, 1.82) is 0 Å². The monoisotopic (exact) mass is 395 g/mol. The lowest BCUT2D eigenvalue weighted by atomic mass is 9.97. The van der Waals surface area contributed by atoms with E-state index in [1.54, 1.807) is 24.3 Å². The van der Waals surface area contributed by atoms with E-state index in [-0.39, 0.29) is 16.8 Å². The van der Waals surface area contributed by atoms with Crippen LogP contribution < -0.4 is 25.0 Å². The van der Waals surface area contributed by atoms with Crippen molar-refractivity contribution in [2.45, 2.75) is 19.9 Å². The number of carbonyl (C=O) groups excluding carboxylic acids is 1. The van der Waals surface area contributed by atoms with Crippen LogP contribution in [0, 0.1) is 13.8 Å². The average molecular weight is 395 g/mol. The maximum atomic E-state index is 13.3. The minimum Gasteiger partial charge on any atom is -0.493 e. The molecule has 1 amide bonds. The second-order valence-electron chi connectivity index (χ2n) is 6.97. The summed E-state index contributed by atoms with van der Waals surface area (Å²) >= 11 is 0. The van der Waals surface area contributed by atoms with Crippen LogP contribution in [0.4, 0.5) is 0 Å². The predicted octanol–water partition coefficient (Wildman–Crippen LogP) is 3.27. The summed E-state index contributed by atoms with van der Waals surface area (Å²) in [6, 6.07) is 6.32. The molecule has 0 bridgehead atoms. The van der Waals surface area contributed by atoms with Crippen LogP contribution in [0.25, 0.3) is 11.0 Å². The molecule has 7 nitrogen and oxygen atoms in total. The number of amides is 1. The Labute approximate surface area is 167 Å². The van der Waals surface area contributed by atoms with E-state index in [1.807, 2.05) is 13.8 Å². The highest BCUT2D eigenvalue weighted by Gasteiger charge is 2.37. The summed E-state index contributed by atoms with van der Waals surface area (Å²) in [6.45, 7) is 3.86. The Kier molecular flexibility index (Phi) is 4.45. The molecule has 1 N–H and O–H groups in total. The molecule has 1 atom stereocenters. The number of ether oxygens (including phenoxy) is 3. The smallest absolute Gasteiger partial charge is 0.288 e. The van der Waals surface area contributed by atoms with Crippen molar-refractivity contribution >= 4 is 16.9 Å². The number of methoxy groups -OCH3 is 3. The number of hydrogen-bond donors (Lipinski definition) is 1. The van der Waals surface area contributed by atoms with Gasteiger partial charge in [0.1, 0.15) is 5.58 Å². The molecular weight excluding hydrogens is 374 g/mol. The quantitative estimate of drug-likeness (QED) is 0.730. The Morgan fingerprint density at radius 3 is 2.10 bits per heavy atom.